The van der Waals surface area contributed by atoms with Gasteiger partial charge in [0.25, 0.3) is 5.91 Å². The molecule has 28 heavy (non-hydrogen) atoms. The van der Waals surface area contributed by atoms with Crippen LogP contribution < -0.4 is 10.1 Å². The van der Waals surface area contributed by atoms with E-state index in [0.29, 0.717) is 23.6 Å². The van der Waals surface area contributed by atoms with Crippen LogP contribution in [0.3, 0.4) is 0 Å². The molecule has 7 nitrogen and oxygen atoms in total. The summed E-state index contributed by atoms with van der Waals surface area (Å²) in [5, 5.41) is 2.87. The maximum absolute atomic E-state index is 12.1. The maximum Gasteiger partial charge on any atom is 0.337 e. The van der Waals surface area contributed by atoms with Gasteiger partial charge in [0, 0.05) is 6.54 Å². The van der Waals surface area contributed by atoms with Gasteiger partial charge in [-0.05, 0) is 62.5 Å². The highest BCUT2D eigenvalue weighted by Crippen LogP contribution is 2.16. The molecule has 2 aromatic rings. The number of rotatable bonds is 11. The number of methoxy groups -OCH3 is 1. The predicted molar refractivity (Wildman–Crippen MR) is 106 cm³/mol. The van der Waals surface area contributed by atoms with E-state index in [1.54, 1.807) is 36.4 Å². The van der Waals surface area contributed by atoms with Gasteiger partial charge in [-0.3, -0.25) is 4.79 Å². The van der Waals surface area contributed by atoms with Crippen molar-refractivity contribution in [2.45, 2.75) is 26.9 Å². The number of amides is 1. The Balaban J connectivity index is 1.77. The molecule has 1 aromatic carbocycles. The van der Waals surface area contributed by atoms with Gasteiger partial charge in [0.1, 0.15) is 18.1 Å². The minimum Gasteiger partial charge on any atom is -0.486 e. The summed E-state index contributed by atoms with van der Waals surface area (Å²) in [5.41, 5.74) is 0.452. The molecule has 1 amide bonds. The van der Waals surface area contributed by atoms with Crippen molar-refractivity contribution in [1.82, 2.24) is 10.2 Å². The quantitative estimate of drug-likeness (QED) is 0.471. The average molecular weight is 388 g/mol. The standard InChI is InChI=1S/C21H28N2O5/c1-4-23(5-2)14-6-13-22-20(24)19-12-11-18(28-19)15-27-17-9-7-16(8-10-17)21(25)26-3/h7-12H,4-6,13-15H2,1-3H3,(H,22,24). The fourth-order valence-corrected chi connectivity index (χ4v) is 2.67. The van der Waals surface area contributed by atoms with Crippen LogP contribution in [0.4, 0.5) is 0 Å². The first-order valence-electron chi connectivity index (χ1n) is 9.47. The van der Waals surface area contributed by atoms with Gasteiger partial charge in [-0.1, -0.05) is 13.8 Å². The Hall–Kier alpha value is -2.80. The van der Waals surface area contributed by atoms with Gasteiger partial charge in [0.15, 0.2) is 5.76 Å². The Kier molecular flexibility index (Phi) is 8.55. The largest absolute Gasteiger partial charge is 0.486 e. The second-order valence-corrected chi connectivity index (χ2v) is 6.21. The molecular weight excluding hydrogens is 360 g/mol. The van der Waals surface area contributed by atoms with E-state index in [4.69, 9.17) is 9.15 Å². The van der Waals surface area contributed by atoms with E-state index in [9.17, 15) is 9.59 Å². The summed E-state index contributed by atoms with van der Waals surface area (Å²) in [4.78, 5) is 25.9. The van der Waals surface area contributed by atoms with Crippen molar-refractivity contribution >= 4 is 11.9 Å². The third kappa shape index (κ3) is 6.42. The summed E-state index contributed by atoms with van der Waals surface area (Å²) in [5.74, 6) is 0.776. The molecule has 2 rings (SSSR count). The second kappa shape index (κ2) is 11.1. The molecule has 1 aromatic heterocycles. The molecule has 1 N–H and O–H groups in total. The Bertz CT molecular complexity index is 750. The number of ether oxygens (including phenoxy) is 2. The monoisotopic (exact) mass is 388 g/mol. The lowest BCUT2D eigenvalue weighted by Gasteiger charge is -2.17. The summed E-state index contributed by atoms with van der Waals surface area (Å²) in [6.07, 6.45) is 0.895. The minimum atomic E-state index is -0.398. The van der Waals surface area contributed by atoms with Crippen LogP contribution in [-0.4, -0.2) is 50.1 Å². The van der Waals surface area contributed by atoms with Crippen molar-refractivity contribution in [3.63, 3.8) is 0 Å². The third-order valence-electron chi connectivity index (χ3n) is 4.37. The molecule has 0 atom stereocenters. The Morgan fingerprint density at radius 2 is 1.79 bits per heavy atom. The van der Waals surface area contributed by atoms with Crippen LogP contribution in [0.2, 0.25) is 0 Å². The zero-order valence-corrected chi connectivity index (χ0v) is 16.7. The van der Waals surface area contributed by atoms with Crippen molar-refractivity contribution < 1.29 is 23.5 Å². The van der Waals surface area contributed by atoms with Crippen molar-refractivity contribution in [2.75, 3.05) is 33.3 Å². The Morgan fingerprint density at radius 1 is 1.07 bits per heavy atom. The highest BCUT2D eigenvalue weighted by Gasteiger charge is 2.11. The molecule has 0 radical (unpaired) electrons. The van der Waals surface area contributed by atoms with E-state index in [1.807, 2.05) is 0 Å². The first-order chi connectivity index (χ1) is 13.6. The normalized spacial score (nSPS) is 10.7. The lowest BCUT2D eigenvalue weighted by molar-refractivity contribution is 0.0600. The van der Waals surface area contributed by atoms with Crippen molar-refractivity contribution in [1.29, 1.82) is 0 Å². The molecule has 0 spiro atoms. The highest BCUT2D eigenvalue weighted by molar-refractivity contribution is 5.91. The topological polar surface area (TPSA) is 81.0 Å². The summed E-state index contributed by atoms with van der Waals surface area (Å²) < 4.78 is 15.8. The van der Waals surface area contributed by atoms with E-state index < -0.39 is 5.97 Å². The van der Waals surface area contributed by atoms with Gasteiger partial charge in [0.2, 0.25) is 0 Å². The molecule has 0 aliphatic carbocycles. The van der Waals surface area contributed by atoms with Gasteiger partial charge in [-0.2, -0.15) is 0 Å². The lowest BCUT2D eigenvalue weighted by atomic mass is 10.2. The summed E-state index contributed by atoms with van der Waals surface area (Å²) in [7, 11) is 1.34. The molecular formula is C21H28N2O5. The van der Waals surface area contributed by atoms with Crippen LogP contribution in [0.5, 0.6) is 5.75 Å². The van der Waals surface area contributed by atoms with E-state index in [1.165, 1.54) is 7.11 Å². The minimum absolute atomic E-state index is 0.187. The summed E-state index contributed by atoms with van der Waals surface area (Å²) in [6.45, 7) is 8.03. The molecule has 7 heteroatoms. The molecule has 0 aliphatic rings. The molecule has 0 saturated heterocycles. The average Bonchev–Trinajstić information content (AvgIpc) is 3.21. The molecule has 0 saturated carbocycles. The van der Waals surface area contributed by atoms with Crippen molar-refractivity contribution in [3.8, 4) is 5.75 Å². The number of nitrogens with one attached hydrogen (secondary N) is 1. The van der Waals surface area contributed by atoms with Gasteiger partial charge < -0.3 is 24.1 Å². The molecule has 0 bridgehead atoms. The zero-order chi connectivity index (χ0) is 20.4. The number of esters is 1. The van der Waals surface area contributed by atoms with Crippen LogP contribution in [0.1, 0.15) is 46.9 Å². The molecule has 152 valence electrons. The summed E-state index contributed by atoms with van der Waals surface area (Å²) >= 11 is 0. The van der Waals surface area contributed by atoms with Crippen LogP contribution >= 0.6 is 0 Å². The van der Waals surface area contributed by atoms with Crippen LogP contribution in [0, 0.1) is 0 Å². The molecule has 0 unspecified atom stereocenters. The van der Waals surface area contributed by atoms with Gasteiger partial charge in [-0.15, -0.1) is 0 Å². The fraction of sp³-hybridized carbons (Fsp3) is 0.429. The van der Waals surface area contributed by atoms with E-state index in [2.05, 4.69) is 28.8 Å². The molecule has 0 aliphatic heterocycles. The van der Waals surface area contributed by atoms with Gasteiger partial charge in [0.05, 0.1) is 12.7 Å². The number of carbonyl (C=O) groups is 2. The lowest BCUT2D eigenvalue weighted by Crippen LogP contribution is -2.29. The van der Waals surface area contributed by atoms with E-state index in [-0.39, 0.29) is 18.3 Å². The molecule has 1 heterocycles. The van der Waals surface area contributed by atoms with E-state index >= 15 is 0 Å². The van der Waals surface area contributed by atoms with Crippen molar-refractivity contribution in [3.05, 3.63) is 53.5 Å². The number of furan rings is 1. The Labute approximate surface area is 165 Å². The second-order valence-electron chi connectivity index (χ2n) is 6.21. The summed E-state index contributed by atoms with van der Waals surface area (Å²) in [6, 6.07) is 9.96. The van der Waals surface area contributed by atoms with Gasteiger partial charge in [-0.25, -0.2) is 4.79 Å². The maximum atomic E-state index is 12.1. The van der Waals surface area contributed by atoms with Crippen LogP contribution in [0.15, 0.2) is 40.8 Å². The number of hydrogen-bond donors (Lipinski definition) is 1. The Morgan fingerprint density at radius 3 is 2.43 bits per heavy atom. The number of hydrogen-bond acceptors (Lipinski definition) is 6. The SMILES string of the molecule is CCN(CC)CCCNC(=O)c1ccc(COc2ccc(C(=O)OC)cc2)o1. The van der Waals surface area contributed by atoms with Crippen LogP contribution in [0.25, 0.3) is 0 Å². The zero-order valence-electron chi connectivity index (χ0n) is 16.7. The van der Waals surface area contributed by atoms with Gasteiger partial charge >= 0.3 is 5.97 Å². The number of carbonyl (C=O) groups excluding carboxylic acids is 2. The number of nitrogens with zero attached hydrogens (tertiary/aromatic N) is 1. The predicted octanol–water partition coefficient (Wildman–Crippen LogP) is 3.11. The third-order valence-corrected chi connectivity index (χ3v) is 4.37. The molecule has 0 fully saturated rings. The smallest absolute Gasteiger partial charge is 0.337 e. The van der Waals surface area contributed by atoms with Crippen LogP contribution in [-0.2, 0) is 11.3 Å². The fourth-order valence-electron chi connectivity index (χ4n) is 2.67. The highest BCUT2D eigenvalue weighted by atomic mass is 16.5. The first-order valence-corrected chi connectivity index (χ1v) is 9.47. The van der Waals surface area contributed by atoms with Crippen molar-refractivity contribution in [2.24, 2.45) is 0 Å². The first kappa shape index (κ1) is 21.5. The number of benzene rings is 1. The van der Waals surface area contributed by atoms with E-state index in [0.717, 1.165) is 26.1 Å².